The smallest absolute Gasteiger partial charge is 0.0163 e. The molecule has 0 nitrogen and oxygen atoms in total. The molecule has 0 heteroatoms. The van der Waals surface area contributed by atoms with E-state index in [9.17, 15) is 0 Å². The minimum Gasteiger partial charge on any atom is -0.0842 e. The Balaban J connectivity index is 2.49. The fourth-order valence-corrected chi connectivity index (χ4v) is 1.01. The van der Waals surface area contributed by atoms with E-state index in [4.69, 9.17) is 0 Å². The van der Waals surface area contributed by atoms with E-state index in [1.54, 1.807) is 0 Å². The molecule has 0 unspecified atom stereocenters. The lowest BCUT2D eigenvalue weighted by Crippen LogP contribution is -1.63. The Labute approximate surface area is 80.7 Å². The summed E-state index contributed by atoms with van der Waals surface area (Å²) >= 11 is 0. The van der Waals surface area contributed by atoms with Crippen molar-refractivity contribution in [1.82, 2.24) is 0 Å². The molecule has 0 bridgehead atoms. The van der Waals surface area contributed by atoms with Crippen LogP contribution in [0.2, 0.25) is 0 Å². The highest BCUT2D eigenvalue weighted by Crippen LogP contribution is 1.95. The summed E-state index contributed by atoms with van der Waals surface area (Å²) in [7, 11) is 0. The number of hydrogen-bond donors (Lipinski definition) is 0. The molecule has 0 saturated carbocycles. The van der Waals surface area contributed by atoms with Gasteiger partial charge in [0.2, 0.25) is 0 Å². The van der Waals surface area contributed by atoms with Gasteiger partial charge in [0.05, 0.1) is 0 Å². The lowest BCUT2D eigenvalue weighted by atomic mass is 10.2. The predicted octanol–water partition coefficient (Wildman–Crippen LogP) is 3.75. The van der Waals surface area contributed by atoms with Crippen LogP contribution in [0.4, 0.5) is 0 Å². The van der Waals surface area contributed by atoms with Gasteiger partial charge in [-0.3, -0.25) is 0 Å². The minimum absolute atomic E-state index is 0.981. The van der Waals surface area contributed by atoms with E-state index in [0.29, 0.717) is 0 Å². The van der Waals surface area contributed by atoms with Crippen molar-refractivity contribution in [1.29, 1.82) is 0 Å². The summed E-state index contributed by atoms with van der Waals surface area (Å²) in [6.07, 6.45) is 25.0. The fourth-order valence-electron chi connectivity index (χ4n) is 1.01. The molecule has 0 heterocycles. The molecular weight excluding hydrogens is 156 g/mol. The molecule has 67 valence electrons. The molecule has 0 fully saturated rings. The van der Waals surface area contributed by atoms with Crippen LogP contribution in [0.25, 0.3) is 0 Å². The molecule has 0 aromatic carbocycles. The maximum Gasteiger partial charge on any atom is -0.0163 e. The van der Waals surface area contributed by atoms with Crippen molar-refractivity contribution in [3.05, 3.63) is 60.8 Å². The average molecular weight is 171 g/mol. The van der Waals surface area contributed by atoms with E-state index in [0.717, 1.165) is 19.3 Å². The van der Waals surface area contributed by atoms with Gasteiger partial charge in [-0.25, -0.2) is 0 Å². The van der Waals surface area contributed by atoms with Crippen LogP contribution in [0, 0.1) is 6.08 Å². The van der Waals surface area contributed by atoms with Crippen molar-refractivity contribution >= 4 is 0 Å². The van der Waals surface area contributed by atoms with Crippen molar-refractivity contribution in [3.8, 4) is 0 Å². The monoisotopic (exact) mass is 171 g/mol. The summed E-state index contributed by atoms with van der Waals surface area (Å²) in [5.41, 5.74) is 0. The predicted molar refractivity (Wildman–Crippen MR) is 58.2 cm³/mol. The van der Waals surface area contributed by atoms with E-state index in [1.807, 2.05) is 6.08 Å². The molecule has 0 atom stereocenters. The van der Waals surface area contributed by atoms with Gasteiger partial charge in [0.25, 0.3) is 0 Å². The van der Waals surface area contributed by atoms with Crippen molar-refractivity contribution in [2.45, 2.75) is 19.3 Å². The lowest BCUT2D eigenvalue weighted by molar-refractivity contribution is 1.05. The van der Waals surface area contributed by atoms with Crippen LogP contribution in [-0.2, 0) is 0 Å². The third-order valence-corrected chi connectivity index (χ3v) is 1.69. The molecule has 0 aliphatic heterocycles. The van der Waals surface area contributed by atoms with Crippen LogP contribution < -0.4 is 0 Å². The summed E-state index contributed by atoms with van der Waals surface area (Å²) in [6.45, 7) is 0. The summed E-state index contributed by atoms with van der Waals surface area (Å²) in [4.78, 5) is 0. The summed E-state index contributed by atoms with van der Waals surface area (Å²) in [5.74, 6) is 0. The molecule has 0 saturated heterocycles. The number of hydrogen-bond acceptors (Lipinski definition) is 0. The van der Waals surface area contributed by atoms with Gasteiger partial charge in [0.1, 0.15) is 0 Å². The first-order chi connectivity index (χ1) is 6.50. The zero-order valence-electron chi connectivity index (χ0n) is 7.82. The molecule has 13 heavy (non-hydrogen) atoms. The van der Waals surface area contributed by atoms with Crippen LogP contribution in [-0.4, -0.2) is 0 Å². The van der Waals surface area contributed by atoms with Crippen LogP contribution >= 0.6 is 0 Å². The van der Waals surface area contributed by atoms with E-state index >= 15 is 0 Å². The number of rotatable bonds is 0. The Kier molecular flexibility index (Phi) is 5.54. The minimum atomic E-state index is 0.981. The zero-order valence-corrected chi connectivity index (χ0v) is 7.82. The van der Waals surface area contributed by atoms with Crippen LogP contribution in [0.15, 0.2) is 54.7 Å². The highest BCUT2D eigenvalue weighted by molar-refractivity contribution is 5.12. The molecule has 0 N–H and O–H groups in total. The quantitative estimate of drug-likeness (QED) is 0.520. The van der Waals surface area contributed by atoms with Gasteiger partial charge < -0.3 is 0 Å². The highest BCUT2D eigenvalue weighted by Gasteiger charge is 1.75. The maximum absolute atomic E-state index is 3.13. The zero-order chi connectivity index (χ0) is 9.19. The second-order valence-corrected chi connectivity index (χ2v) is 2.83. The Morgan fingerprint density at radius 1 is 0.769 bits per heavy atom. The topological polar surface area (TPSA) is 0 Å². The van der Waals surface area contributed by atoms with E-state index < -0.39 is 0 Å². The van der Waals surface area contributed by atoms with E-state index in [2.05, 4.69) is 54.7 Å². The van der Waals surface area contributed by atoms with E-state index in [1.165, 1.54) is 0 Å². The Morgan fingerprint density at radius 3 is 2.54 bits per heavy atom. The Hall–Kier alpha value is -1.30. The van der Waals surface area contributed by atoms with Gasteiger partial charge in [-0.1, -0.05) is 54.7 Å². The number of allylic oxidation sites excluding steroid dienone is 10. The summed E-state index contributed by atoms with van der Waals surface area (Å²) in [5, 5.41) is 0. The lowest BCUT2D eigenvalue weighted by Gasteiger charge is -1.82. The molecule has 0 aromatic heterocycles. The van der Waals surface area contributed by atoms with Crippen molar-refractivity contribution in [2.24, 2.45) is 0 Å². The van der Waals surface area contributed by atoms with Gasteiger partial charge in [0.15, 0.2) is 0 Å². The molecule has 1 rings (SSSR count). The van der Waals surface area contributed by atoms with Crippen molar-refractivity contribution in [3.63, 3.8) is 0 Å². The third-order valence-electron chi connectivity index (χ3n) is 1.69. The maximum atomic E-state index is 3.13. The van der Waals surface area contributed by atoms with Crippen molar-refractivity contribution < 1.29 is 0 Å². The molecule has 0 amide bonds. The first kappa shape index (κ1) is 9.79. The molecular formula is C13H15. The SMILES string of the molecule is [C]1=C/CC/C=C/C=C\C=C\C/C=C/1. The first-order valence-corrected chi connectivity index (χ1v) is 4.71. The van der Waals surface area contributed by atoms with E-state index in [-0.39, 0.29) is 0 Å². The molecule has 0 spiro atoms. The van der Waals surface area contributed by atoms with Crippen molar-refractivity contribution in [2.75, 3.05) is 0 Å². The summed E-state index contributed by atoms with van der Waals surface area (Å²) < 4.78 is 0. The van der Waals surface area contributed by atoms with Gasteiger partial charge in [-0.15, -0.1) is 0 Å². The molecule has 1 radical (unpaired) electrons. The van der Waals surface area contributed by atoms with Crippen LogP contribution in [0.5, 0.6) is 0 Å². The summed E-state index contributed by atoms with van der Waals surface area (Å²) in [6, 6.07) is 0. The fraction of sp³-hybridized carbons (Fsp3) is 0.231. The van der Waals surface area contributed by atoms with Crippen LogP contribution in [0.3, 0.4) is 0 Å². The van der Waals surface area contributed by atoms with Crippen LogP contribution in [0.1, 0.15) is 19.3 Å². The normalized spacial score (nSPS) is 30.2. The second kappa shape index (κ2) is 7.35. The highest BCUT2D eigenvalue weighted by atomic mass is 13.8. The van der Waals surface area contributed by atoms with Gasteiger partial charge >= 0.3 is 0 Å². The first-order valence-electron chi connectivity index (χ1n) is 4.71. The Bertz CT molecular complexity index is 249. The molecule has 0 aromatic rings. The van der Waals surface area contributed by atoms with Gasteiger partial charge in [-0.05, 0) is 25.3 Å². The largest absolute Gasteiger partial charge is 0.0842 e. The average Bonchev–Trinajstić information content (AvgIpc) is 2.18. The molecule has 1 aliphatic carbocycles. The standard InChI is InChI=1S/C13H15/c1-2-4-6-8-10-12-13-11-9-7-5-3-1/h1-6,9,11-12H,7-8,10H2/b2-1-,5-3+,6-4+,11-9+,13-12?. The molecule has 1 aliphatic rings. The third kappa shape index (κ3) is 5.92. The van der Waals surface area contributed by atoms with Gasteiger partial charge in [-0.2, -0.15) is 0 Å². The van der Waals surface area contributed by atoms with Gasteiger partial charge in [0, 0.05) is 0 Å². The Morgan fingerprint density at radius 2 is 1.62 bits per heavy atom. The second-order valence-electron chi connectivity index (χ2n) is 2.83.